The normalized spacial score (nSPS) is 14.4. The number of rotatable bonds is 9. The maximum atomic E-state index is 15.6. The summed E-state index contributed by atoms with van der Waals surface area (Å²) in [4.78, 5) is 0.142. The molecule has 0 amide bonds. The Kier molecular flexibility index (Phi) is 9.12. The molecule has 4 aromatic carbocycles. The Morgan fingerprint density at radius 1 is 0.878 bits per heavy atom. The highest BCUT2D eigenvalue weighted by atomic mass is 35.5. The quantitative estimate of drug-likeness (QED) is 0.211. The van der Waals surface area contributed by atoms with Crippen LogP contribution in [0.4, 0.5) is 4.39 Å². The van der Waals surface area contributed by atoms with Crippen LogP contribution in [-0.2, 0) is 16.6 Å². The van der Waals surface area contributed by atoms with Crippen LogP contribution in [0.5, 0.6) is 5.75 Å². The highest BCUT2D eigenvalue weighted by Crippen LogP contribution is 2.39. The Bertz CT molecular complexity index is 1610. The first-order valence-electron chi connectivity index (χ1n) is 14.1. The third kappa shape index (κ3) is 7.00. The molecule has 5 rings (SSSR count). The SMILES string of the molecule is CC(C)NS(=O)(=O)c1ccc(-c2ccc(Cl)cc2)c(COc2ccc(-c3ccccc3C3CCCCC3)c(F)c2)c1. The first-order chi connectivity index (χ1) is 19.7. The summed E-state index contributed by atoms with van der Waals surface area (Å²) >= 11 is 6.09. The van der Waals surface area contributed by atoms with Crippen molar-refractivity contribution in [2.24, 2.45) is 0 Å². The van der Waals surface area contributed by atoms with E-state index < -0.39 is 10.0 Å². The van der Waals surface area contributed by atoms with Gasteiger partial charge in [-0.15, -0.1) is 0 Å². The summed E-state index contributed by atoms with van der Waals surface area (Å²) in [6.07, 6.45) is 5.96. The van der Waals surface area contributed by atoms with Crippen LogP contribution in [0.2, 0.25) is 5.02 Å². The minimum Gasteiger partial charge on any atom is -0.489 e. The second-order valence-electron chi connectivity index (χ2n) is 11.0. The zero-order chi connectivity index (χ0) is 29.0. The highest BCUT2D eigenvalue weighted by Gasteiger charge is 2.21. The lowest BCUT2D eigenvalue weighted by Gasteiger charge is -2.24. The van der Waals surface area contributed by atoms with Crippen LogP contribution >= 0.6 is 11.6 Å². The van der Waals surface area contributed by atoms with Crippen molar-refractivity contribution in [3.05, 3.63) is 107 Å². The minimum absolute atomic E-state index is 0.0560. The standard InChI is InChI=1S/C34H35ClFNO3S/c1-23(2)37-41(38,39)29-17-19-30(25-12-14-27(35)15-13-25)26(20-29)22-40-28-16-18-33(34(36)21-28)32-11-7-6-10-31(32)24-8-4-3-5-9-24/h6-7,10-21,23-24,37H,3-5,8-9,22H2,1-2H3. The Labute approximate surface area is 247 Å². The third-order valence-corrected chi connectivity index (χ3v) is 9.47. The van der Waals surface area contributed by atoms with Crippen molar-refractivity contribution in [1.82, 2.24) is 4.72 Å². The molecule has 0 unspecified atom stereocenters. The van der Waals surface area contributed by atoms with Crippen molar-refractivity contribution >= 4 is 21.6 Å². The Balaban J connectivity index is 1.43. The zero-order valence-corrected chi connectivity index (χ0v) is 24.9. The highest BCUT2D eigenvalue weighted by molar-refractivity contribution is 7.89. The molecule has 0 aliphatic heterocycles. The van der Waals surface area contributed by atoms with Gasteiger partial charge < -0.3 is 4.74 Å². The lowest BCUT2D eigenvalue weighted by atomic mass is 9.81. The van der Waals surface area contributed by atoms with Gasteiger partial charge in [0.15, 0.2) is 0 Å². The fraction of sp³-hybridized carbons (Fsp3) is 0.294. The fourth-order valence-electron chi connectivity index (χ4n) is 5.62. The van der Waals surface area contributed by atoms with Gasteiger partial charge in [-0.2, -0.15) is 0 Å². The van der Waals surface area contributed by atoms with Gasteiger partial charge in [-0.1, -0.05) is 73.3 Å². The number of hydrogen-bond donors (Lipinski definition) is 1. The van der Waals surface area contributed by atoms with Crippen molar-refractivity contribution in [1.29, 1.82) is 0 Å². The molecule has 7 heteroatoms. The molecule has 0 radical (unpaired) electrons. The average Bonchev–Trinajstić information content (AvgIpc) is 2.96. The monoisotopic (exact) mass is 591 g/mol. The van der Waals surface area contributed by atoms with E-state index in [4.69, 9.17) is 16.3 Å². The van der Waals surface area contributed by atoms with Crippen LogP contribution in [0, 0.1) is 5.82 Å². The van der Waals surface area contributed by atoms with Crippen molar-refractivity contribution in [3.8, 4) is 28.0 Å². The van der Waals surface area contributed by atoms with E-state index in [1.165, 1.54) is 30.9 Å². The van der Waals surface area contributed by atoms with E-state index in [1.807, 2.05) is 30.3 Å². The first-order valence-corrected chi connectivity index (χ1v) is 16.0. The number of ether oxygens (including phenoxy) is 1. The van der Waals surface area contributed by atoms with Crippen LogP contribution in [0.3, 0.4) is 0 Å². The van der Waals surface area contributed by atoms with E-state index in [9.17, 15) is 8.42 Å². The van der Waals surface area contributed by atoms with E-state index >= 15 is 4.39 Å². The van der Waals surface area contributed by atoms with Gasteiger partial charge in [0.2, 0.25) is 10.0 Å². The van der Waals surface area contributed by atoms with E-state index in [0.717, 1.165) is 29.5 Å². The maximum absolute atomic E-state index is 15.6. The van der Waals surface area contributed by atoms with E-state index in [0.29, 0.717) is 27.8 Å². The molecular weight excluding hydrogens is 557 g/mol. The maximum Gasteiger partial charge on any atom is 0.240 e. The molecule has 41 heavy (non-hydrogen) atoms. The van der Waals surface area contributed by atoms with E-state index in [-0.39, 0.29) is 23.4 Å². The summed E-state index contributed by atoms with van der Waals surface area (Å²) in [7, 11) is -3.71. The number of halogens is 2. The topological polar surface area (TPSA) is 55.4 Å². The number of hydrogen-bond acceptors (Lipinski definition) is 3. The second-order valence-corrected chi connectivity index (χ2v) is 13.1. The Hall–Kier alpha value is -3.19. The summed E-state index contributed by atoms with van der Waals surface area (Å²) < 4.78 is 50.0. The molecule has 1 fully saturated rings. The summed E-state index contributed by atoms with van der Waals surface area (Å²) in [5.41, 5.74) is 5.04. The molecule has 4 nitrogen and oxygen atoms in total. The molecule has 1 N–H and O–H groups in total. The molecule has 0 heterocycles. The minimum atomic E-state index is -3.71. The van der Waals surface area contributed by atoms with Gasteiger partial charge in [-0.25, -0.2) is 17.5 Å². The Morgan fingerprint density at radius 3 is 2.29 bits per heavy atom. The molecular formula is C34H35ClFNO3S. The summed E-state index contributed by atoms with van der Waals surface area (Å²) in [5.74, 6) is 0.480. The number of benzene rings is 4. The van der Waals surface area contributed by atoms with Crippen LogP contribution in [0.1, 0.15) is 63.0 Å². The molecule has 1 aliphatic rings. The van der Waals surface area contributed by atoms with Gasteiger partial charge in [-0.05, 0) is 96.8 Å². The van der Waals surface area contributed by atoms with Gasteiger partial charge in [0, 0.05) is 22.7 Å². The lowest BCUT2D eigenvalue weighted by molar-refractivity contribution is 0.305. The van der Waals surface area contributed by atoms with Crippen LogP contribution in [-0.4, -0.2) is 14.5 Å². The zero-order valence-electron chi connectivity index (χ0n) is 23.4. The number of nitrogens with one attached hydrogen (secondary N) is 1. The van der Waals surface area contributed by atoms with Crippen LogP contribution in [0.15, 0.2) is 89.8 Å². The molecule has 4 aromatic rings. The molecule has 1 aliphatic carbocycles. The first kappa shape index (κ1) is 29.3. The average molecular weight is 592 g/mol. The third-order valence-electron chi connectivity index (χ3n) is 7.56. The predicted octanol–water partition coefficient (Wildman–Crippen LogP) is 9.13. The molecule has 0 spiro atoms. The van der Waals surface area contributed by atoms with Crippen LogP contribution in [0.25, 0.3) is 22.3 Å². The van der Waals surface area contributed by atoms with Crippen LogP contribution < -0.4 is 9.46 Å². The molecule has 1 saturated carbocycles. The molecule has 0 aromatic heterocycles. The second kappa shape index (κ2) is 12.8. The lowest BCUT2D eigenvalue weighted by Crippen LogP contribution is -2.30. The molecule has 0 atom stereocenters. The smallest absolute Gasteiger partial charge is 0.240 e. The Morgan fingerprint density at radius 2 is 1.59 bits per heavy atom. The van der Waals surface area contributed by atoms with Crippen molar-refractivity contribution < 1.29 is 17.5 Å². The van der Waals surface area contributed by atoms with E-state index in [1.54, 1.807) is 56.3 Å². The van der Waals surface area contributed by atoms with Crippen molar-refractivity contribution in [2.45, 2.75) is 69.4 Å². The largest absolute Gasteiger partial charge is 0.489 e. The van der Waals surface area contributed by atoms with Gasteiger partial charge >= 0.3 is 0 Å². The summed E-state index contributed by atoms with van der Waals surface area (Å²) in [6.45, 7) is 3.60. The fourth-order valence-corrected chi connectivity index (χ4v) is 7.05. The van der Waals surface area contributed by atoms with Gasteiger partial charge in [0.25, 0.3) is 0 Å². The molecule has 0 bridgehead atoms. The van der Waals surface area contributed by atoms with Gasteiger partial charge in [0.05, 0.1) is 4.90 Å². The summed E-state index contributed by atoms with van der Waals surface area (Å²) in [6, 6.07) is 25.1. The van der Waals surface area contributed by atoms with Gasteiger partial charge in [0.1, 0.15) is 18.2 Å². The predicted molar refractivity (Wildman–Crippen MR) is 164 cm³/mol. The summed E-state index contributed by atoms with van der Waals surface area (Å²) in [5, 5.41) is 0.604. The molecule has 214 valence electrons. The van der Waals surface area contributed by atoms with Crippen molar-refractivity contribution in [2.75, 3.05) is 0 Å². The number of sulfonamides is 1. The van der Waals surface area contributed by atoms with E-state index in [2.05, 4.69) is 10.8 Å². The molecule has 0 saturated heterocycles. The van der Waals surface area contributed by atoms with Gasteiger partial charge in [-0.3, -0.25) is 0 Å². The van der Waals surface area contributed by atoms with Crippen molar-refractivity contribution in [3.63, 3.8) is 0 Å².